The number of para-hydroxylation sites is 2. The Morgan fingerprint density at radius 1 is 1.06 bits per heavy atom. The van der Waals surface area contributed by atoms with Gasteiger partial charge in [-0.1, -0.05) is 36.4 Å². The second-order valence-corrected chi connectivity index (χ2v) is 8.93. The average molecular weight is 422 g/mol. The number of likely N-dealkylation sites (tertiary alicyclic amines) is 1. The average Bonchev–Trinajstić information content (AvgIpc) is 2.74. The SMILES string of the molecule is CC(C)NC(=O)CC1CC2(CCN(C(=O)Nc3ccccc3)CC2)Oc2ccccc21. The van der Waals surface area contributed by atoms with Crippen molar-refractivity contribution in [1.82, 2.24) is 10.2 Å². The first-order chi connectivity index (χ1) is 14.9. The molecule has 0 radical (unpaired) electrons. The number of rotatable bonds is 4. The Morgan fingerprint density at radius 3 is 2.45 bits per heavy atom. The number of hydrogen-bond acceptors (Lipinski definition) is 3. The summed E-state index contributed by atoms with van der Waals surface area (Å²) in [5.41, 5.74) is 1.57. The number of benzene rings is 2. The number of hydrogen-bond donors (Lipinski definition) is 2. The number of piperidine rings is 1. The molecule has 2 N–H and O–H groups in total. The molecule has 3 amide bonds. The number of ether oxygens (including phenoxy) is 1. The van der Waals surface area contributed by atoms with Crippen molar-refractivity contribution < 1.29 is 14.3 Å². The topological polar surface area (TPSA) is 70.7 Å². The molecular formula is C25H31N3O3. The lowest BCUT2D eigenvalue weighted by atomic mass is 9.76. The highest BCUT2D eigenvalue weighted by molar-refractivity contribution is 5.89. The molecule has 1 atom stereocenters. The maximum atomic E-state index is 12.7. The lowest BCUT2D eigenvalue weighted by Crippen LogP contribution is -2.52. The van der Waals surface area contributed by atoms with Crippen LogP contribution in [0.1, 0.15) is 51.0 Å². The van der Waals surface area contributed by atoms with Crippen molar-refractivity contribution >= 4 is 17.6 Å². The first kappa shape index (κ1) is 21.2. The first-order valence-corrected chi connectivity index (χ1v) is 11.1. The summed E-state index contributed by atoms with van der Waals surface area (Å²) in [4.78, 5) is 27.0. The van der Waals surface area contributed by atoms with E-state index in [0.717, 1.165) is 36.3 Å². The summed E-state index contributed by atoms with van der Waals surface area (Å²) in [5.74, 6) is 1.07. The molecule has 1 spiro atoms. The van der Waals surface area contributed by atoms with Gasteiger partial charge < -0.3 is 20.3 Å². The number of urea groups is 1. The van der Waals surface area contributed by atoms with Gasteiger partial charge in [-0.2, -0.15) is 0 Å². The van der Waals surface area contributed by atoms with Crippen molar-refractivity contribution in [2.75, 3.05) is 18.4 Å². The Labute approximate surface area is 184 Å². The van der Waals surface area contributed by atoms with Gasteiger partial charge in [-0.25, -0.2) is 4.79 Å². The highest BCUT2D eigenvalue weighted by atomic mass is 16.5. The highest BCUT2D eigenvalue weighted by Crippen LogP contribution is 2.46. The second kappa shape index (κ2) is 9.00. The van der Waals surface area contributed by atoms with E-state index in [1.165, 1.54) is 0 Å². The van der Waals surface area contributed by atoms with E-state index < -0.39 is 0 Å². The molecule has 2 aromatic rings. The van der Waals surface area contributed by atoms with Crippen LogP contribution in [0, 0.1) is 0 Å². The minimum absolute atomic E-state index is 0.0755. The van der Waals surface area contributed by atoms with E-state index in [1.807, 2.05) is 67.3 Å². The van der Waals surface area contributed by atoms with Gasteiger partial charge in [0.1, 0.15) is 11.4 Å². The van der Waals surface area contributed by atoms with Crippen molar-refractivity contribution in [3.05, 3.63) is 60.2 Å². The number of anilines is 1. The molecule has 2 aliphatic rings. The van der Waals surface area contributed by atoms with Gasteiger partial charge in [0.2, 0.25) is 5.91 Å². The van der Waals surface area contributed by atoms with E-state index in [-0.39, 0.29) is 29.5 Å². The quantitative estimate of drug-likeness (QED) is 0.762. The molecule has 0 bridgehead atoms. The Balaban J connectivity index is 1.43. The largest absolute Gasteiger partial charge is 0.487 e. The molecule has 31 heavy (non-hydrogen) atoms. The molecule has 6 nitrogen and oxygen atoms in total. The minimum atomic E-state index is -0.333. The number of carbonyl (C=O) groups is 2. The minimum Gasteiger partial charge on any atom is -0.487 e. The van der Waals surface area contributed by atoms with Crippen LogP contribution in [-0.2, 0) is 4.79 Å². The van der Waals surface area contributed by atoms with Crippen LogP contribution in [0.15, 0.2) is 54.6 Å². The molecule has 164 valence electrons. The van der Waals surface area contributed by atoms with E-state index >= 15 is 0 Å². The fourth-order valence-electron chi connectivity index (χ4n) is 4.68. The van der Waals surface area contributed by atoms with Gasteiger partial charge in [0.15, 0.2) is 0 Å². The number of nitrogens with one attached hydrogen (secondary N) is 2. The van der Waals surface area contributed by atoms with Gasteiger partial charge in [0.05, 0.1) is 0 Å². The molecule has 1 fully saturated rings. The summed E-state index contributed by atoms with van der Waals surface area (Å²) < 4.78 is 6.51. The molecule has 2 aromatic carbocycles. The van der Waals surface area contributed by atoms with Crippen LogP contribution in [-0.4, -0.2) is 41.6 Å². The third-order valence-corrected chi connectivity index (χ3v) is 6.17. The van der Waals surface area contributed by atoms with E-state index in [9.17, 15) is 9.59 Å². The van der Waals surface area contributed by atoms with E-state index in [2.05, 4.69) is 16.7 Å². The number of fused-ring (bicyclic) bond motifs is 1. The van der Waals surface area contributed by atoms with Gasteiger partial charge in [-0.05, 0) is 44.0 Å². The van der Waals surface area contributed by atoms with Crippen LogP contribution in [0.5, 0.6) is 5.75 Å². The molecule has 0 saturated carbocycles. The molecule has 4 rings (SSSR count). The first-order valence-electron chi connectivity index (χ1n) is 11.1. The maximum absolute atomic E-state index is 12.7. The Morgan fingerprint density at radius 2 is 1.74 bits per heavy atom. The van der Waals surface area contributed by atoms with E-state index in [0.29, 0.717) is 19.5 Å². The molecule has 1 unspecified atom stereocenters. The van der Waals surface area contributed by atoms with E-state index in [4.69, 9.17) is 4.74 Å². The van der Waals surface area contributed by atoms with Crippen LogP contribution >= 0.6 is 0 Å². The Kier molecular flexibility index (Phi) is 6.16. The third-order valence-electron chi connectivity index (χ3n) is 6.17. The van der Waals surface area contributed by atoms with Gasteiger partial charge in [-0.15, -0.1) is 0 Å². The zero-order valence-electron chi connectivity index (χ0n) is 18.3. The maximum Gasteiger partial charge on any atom is 0.321 e. The van der Waals surface area contributed by atoms with Crippen LogP contribution in [0.2, 0.25) is 0 Å². The monoisotopic (exact) mass is 421 g/mol. The van der Waals surface area contributed by atoms with Gasteiger partial charge in [0.25, 0.3) is 0 Å². The third kappa shape index (κ3) is 5.01. The lowest BCUT2D eigenvalue weighted by Gasteiger charge is -2.46. The summed E-state index contributed by atoms with van der Waals surface area (Å²) >= 11 is 0. The summed E-state index contributed by atoms with van der Waals surface area (Å²) in [5, 5.41) is 5.98. The normalized spacial score (nSPS) is 19.5. The second-order valence-electron chi connectivity index (χ2n) is 8.93. The van der Waals surface area contributed by atoms with Crippen molar-refractivity contribution in [2.24, 2.45) is 0 Å². The van der Waals surface area contributed by atoms with Crippen molar-refractivity contribution in [3.8, 4) is 5.75 Å². The molecular weight excluding hydrogens is 390 g/mol. The summed E-state index contributed by atoms with van der Waals surface area (Å²) in [7, 11) is 0. The predicted molar refractivity (Wildman–Crippen MR) is 121 cm³/mol. The van der Waals surface area contributed by atoms with Gasteiger partial charge in [0, 0.05) is 50.0 Å². The summed E-state index contributed by atoms with van der Waals surface area (Å²) in [6, 6.07) is 17.6. The fraction of sp³-hybridized carbons (Fsp3) is 0.440. The van der Waals surface area contributed by atoms with Crippen LogP contribution in [0.4, 0.5) is 10.5 Å². The van der Waals surface area contributed by atoms with E-state index in [1.54, 1.807) is 0 Å². The molecule has 6 heteroatoms. The van der Waals surface area contributed by atoms with Gasteiger partial charge in [-0.3, -0.25) is 4.79 Å². The summed E-state index contributed by atoms with van der Waals surface area (Å²) in [6.07, 6.45) is 2.76. The molecule has 2 heterocycles. The van der Waals surface area contributed by atoms with Gasteiger partial charge >= 0.3 is 6.03 Å². The lowest BCUT2D eigenvalue weighted by molar-refractivity contribution is -0.122. The number of amides is 3. The molecule has 0 aliphatic carbocycles. The smallest absolute Gasteiger partial charge is 0.321 e. The van der Waals surface area contributed by atoms with Crippen molar-refractivity contribution in [3.63, 3.8) is 0 Å². The zero-order valence-corrected chi connectivity index (χ0v) is 18.3. The van der Waals surface area contributed by atoms with Crippen LogP contribution in [0.3, 0.4) is 0 Å². The fourth-order valence-corrected chi connectivity index (χ4v) is 4.68. The zero-order chi connectivity index (χ0) is 21.8. The molecule has 0 aromatic heterocycles. The highest BCUT2D eigenvalue weighted by Gasteiger charge is 2.44. The molecule has 2 aliphatic heterocycles. The Bertz CT molecular complexity index is 921. The summed E-state index contributed by atoms with van der Waals surface area (Å²) in [6.45, 7) is 5.22. The van der Waals surface area contributed by atoms with Crippen LogP contribution in [0.25, 0.3) is 0 Å². The molecule has 1 saturated heterocycles. The van der Waals surface area contributed by atoms with Crippen LogP contribution < -0.4 is 15.4 Å². The van der Waals surface area contributed by atoms with Crippen molar-refractivity contribution in [2.45, 2.75) is 57.1 Å². The number of nitrogens with zero attached hydrogens (tertiary/aromatic N) is 1. The predicted octanol–water partition coefficient (Wildman–Crippen LogP) is 4.53. The number of carbonyl (C=O) groups excluding carboxylic acids is 2. The Hall–Kier alpha value is -3.02. The standard InChI is InChI=1S/C25H31N3O3/c1-18(2)26-23(29)16-19-17-25(31-22-11-7-6-10-21(19)22)12-14-28(15-13-25)24(30)27-20-8-4-3-5-9-20/h3-11,18-19H,12-17H2,1-2H3,(H,26,29)(H,27,30). The van der Waals surface area contributed by atoms with Crippen molar-refractivity contribution in [1.29, 1.82) is 0 Å².